The third-order valence-electron chi connectivity index (χ3n) is 11.9. The minimum Gasteiger partial charge on any atom is -0.344 e. The highest BCUT2D eigenvalue weighted by molar-refractivity contribution is 7.92. The molecule has 4 aromatic heterocycles. The molecule has 0 bridgehead atoms. The number of nitrogens with zero attached hydrogens (tertiary/aromatic N) is 8. The lowest BCUT2D eigenvalue weighted by Crippen LogP contribution is -2.38. The van der Waals surface area contributed by atoms with Crippen molar-refractivity contribution >= 4 is 55.2 Å². The molecule has 0 radical (unpaired) electrons. The number of aryl methyl sites for hydroxylation is 1. The molecular formula is C43H34ClF11N10O4S. The number of nitrogens with one attached hydrogen (secondary N) is 2. The average Bonchev–Trinajstić information content (AvgIpc) is 3.47. The number of aromatic nitrogens is 8. The molecule has 14 nitrogen and oxygen atoms in total. The van der Waals surface area contributed by atoms with Crippen molar-refractivity contribution in [2.24, 2.45) is 5.92 Å². The van der Waals surface area contributed by atoms with Crippen LogP contribution in [0.4, 0.5) is 54.1 Å². The minimum absolute atomic E-state index is 0.00512. The highest BCUT2D eigenvalue weighted by Crippen LogP contribution is 2.68. The SMILES string of the molecule is CS(=O)(=O)Nc1nn(CCCF)c2c(-n3c([C@H](Cc4cc(F)cc(F)c4)NC(=O)Cn4nc(C(F)F)c5c4C(F)(F)[C@@H]4C[C@H]54)nc4cc(-c5ccnn5CC(F)(F)C(F)F)ccc4c3=O)ccc(Cl)c12. The zero-order chi connectivity index (χ0) is 50.4. The summed E-state index contributed by atoms with van der Waals surface area (Å²) in [4.78, 5) is 34.2. The van der Waals surface area contributed by atoms with Gasteiger partial charge in [0.15, 0.2) is 5.82 Å². The highest BCUT2D eigenvalue weighted by atomic mass is 35.5. The summed E-state index contributed by atoms with van der Waals surface area (Å²) in [6.45, 7) is -3.87. The molecule has 370 valence electrons. The van der Waals surface area contributed by atoms with Crippen LogP contribution in [0.3, 0.4) is 0 Å². The van der Waals surface area contributed by atoms with Crippen LogP contribution in [0.1, 0.15) is 59.6 Å². The summed E-state index contributed by atoms with van der Waals surface area (Å²) in [5.74, 6) is -14.7. The van der Waals surface area contributed by atoms with Crippen LogP contribution in [-0.4, -0.2) is 78.5 Å². The highest BCUT2D eigenvalue weighted by Gasteiger charge is 2.67. The Morgan fingerprint density at radius 1 is 0.986 bits per heavy atom. The third-order valence-corrected chi connectivity index (χ3v) is 12.8. The predicted molar refractivity (Wildman–Crippen MR) is 230 cm³/mol. The van der Waals surface area contributed by atoms with Gasteiger partial charge in [-0.05, 0) is 66.8 Å². The number of fused-ring (bicyclic) bond motifs is 5. The van der Waals surface area contributed by atoms with E-state index in [-0.39, 0.29) is 80.1 Å². The second-order valence-corrected chi connectivity index (χ2v) is 19.0. The van der Waals surface area contributed by atoms with Gasteiger partial charge in [-0.15, -0.1) is 0 Å². The normalized spacial score (nSPS) is 16.9. The Kier molecular flexibility index (Phi) is 12.2. The number of benzene rings is 3. The van der Waals surface area contributed by atoms with Gasteiger partial charge in [-0.3, -0.25) is 37.3 Å². The molecule has 0 spiro atoms. The molecule has 27 heteroatoms. The zero-order valence-electron chi connectivity index (χ0n) is 35.8. The first-order chi connectivity index (χ1) is 33.0. The molecule has 3 atom stereocenters. The Hall–Kier alpha value is -6.57. The maximum absolute atomic E-state index is 15.6. The summed E-state index contributed by atoms with van der Waals surface area (Å²) in [7, 11) is -4.09. The summed E-state index contributed by atoms with van der Waals surface area (Å²) in [5, 5.41) is 13.8. The quantitative estimate of drug-likeness (QED) is 0.0857. The third kappa shape index (κ3) is 8.83. The molecule has 4 heterocycles. The first-order valence-electron chi connectivity index (χ1n) is 21.0. The Morgan fingerprint density at radius 3 is 2.39 bits per heavy atom. The number of sulfonamides is 1. The molecule has 2 N–H and O–H groups in total. The van der Waals surface area contributed by atoms with E-state index in [0.29, 0.717) is 15.4 Å². The number of rotatable bonds is 17. The van der Waals surface area contributed by atoms with Crippen LogP contribution < -0.4 is 15.6 Å². The van der Waals surface area contributed by atoms with Gasteiger partial charge in [-0.25, -0.2) is 39.7 Å². The summed E-state index contributed by atoms with van der Waals surface area (Å²) in [5.41, 5.74) is -4.18. The van der Waals surface area contributed by atoms with Crippen molar-refractivity contribution in [2.45, 2.75) is 75.6 Å². The number of anilines is 1. The second-order valence-electron chi connectivity index (χ2n) is 16.8. The average molecular weight is 1030 g/mol. The number of hydrogen-bond acceptors (Lipinski definition) is 8. The van der Waals surface area contributed by atoms with Crippen LogP contribution in [0.25, 0.3) is 38.8 Å². The molecule has 9 rings (SSSR count). The summed E-state index contributed by atoms with van der Waals surface area (Å²) < 4.78 is 189. The van der Waals surface area contributed by atoms with Gasteiger partial charge in [0.1, 0.15) is 41.9 Å². The van der Waals surface area contributed by atoms with Crippen LogP contribution in [0, 0.1) is 17.6 Å². The van der Waals surface area contributed by atoms with Crippen LogP contribution in [0.2, 0.25) is 5.02 Å². The maximum Gasteiger partial charge on any atom is 0.326 e. The van der Waals surface area contributed by atoms with Gasteiger partial charge in [0, 0.05) is 42.3 Å². The van der Waals surface area contributed by atoms with Crippen LogP contribution in [0.5, 0.6) is 0 Å². The van der Waals surface area contributed by atoms with Gasteiger partial charge in [-0.2, -0.15) is 32.9 Å². The number of halogens is 12. The number of carbonyl (C=O) groups is 1. The van der Waals surface area contributed by atoms with E-state index in [0.717, 1.165) is 33.8 Å². The molecular weight excluding hydrogens is 997 g/mol. The molecule has 0 saturated heterocycles. The lowest BCUT2D eigenvalue weighted by atomic mass is 10.0. The largest absolute Gasteiger partial charge is 0.344 e. The van der Waals surface area contributed by atoms with Gasteiger partial charge in [0.25, 0.3) is 17.9 Å². The summed E-state index contributed by atoms with van der Waals surface area (Å²) >= 11 is 6.65. The lowest BCUT2D eigenvalue weighted by molar-refractivity contribution is -0.139. The number of carbonyl (C=O) groups excluding carboxylic acids is 1. The molecule has 0 aliphatic heterocycles. The molecule has 1 saturated carbocycles. The summed E-state index contributed by atoms with van der Waals surface area (Å²) in [6, 6.07) is 7.79. The molecule has 1 fully saturated rings. The van der Waals surface area contributed by atoms with Crippen LogP contribution >= 0.6 is 11.6 Å². The van der Waals surface area contributed by atoms with E-state index in [4.69, 9.17) is 16.6 Å². The molecule has 3 aromatic carbocycles. The molecule has 7 aromatic rings. The zero-order valence-corrected chi connectivity index (χ0v) is 37.3. The van der Waals surface area contributed by atoms with E-state index in [1.54, 1.807) is 0 Å². The Morgan fingerprint density at radius 2 is 1.71 bits per heavy atom. The van der Waals surface area contributed by atoms with Gasteiger partial charge in [0.2, 0.25) is 15.9 Å². The fourth-order valence-electron chi connectivity index (χ4n) is 8.99. The fourth-order valence-corrected chi connectivity index (χ4v) is 9.72. The van der Waals surface area contributed by atoms with Crippen molar-refractivity contribution in [3.8, 4) is 16.9 Å². The van der Waals surface area contributed by atoms with E-state index in [1.165, 1.54) is 36.4 Å². The summed E-state index contributed by atoms with van der Waals surface area (Å²) in [6.07, 6.45) is -6.48. The first kappa shape index (κ1) is 48.5. The Labute approximate surface area is 392 Å². The van der Waals surface area contributed by atoms with Crippen molar-refractivity contribution in [2.75, 3.05) is 17.7 Å². The topological polar surface area (TPSA) is 164 Å². The molecule has 2 aliphatic carbocycles. The van der Waals surface area contributed by atoms with E-state index in [2.05, 4.69) is 25.3 Å². The smallest absolute Gasteiger partial charge is 0.326 e. The molecule has 2 aliphatic rings. The Balaban J connectivity index is 1.28. The van der Waals surface area contributed by atoms with Gasteiger partial charge in [-0.1, -0.05) is 17.7 Å². The van der Waals surface area contributed by atoms with E-state index in [9.17, 15) is 52.7 Å². The van der Waals surface area contributed by atoms with Crippen molar-refractivity contribution in [3.05, 3.63) is 116 Å². The van der Waals surface area contributed by atoms with E-state index in [1.807, 2.05) is 0 Å². The number of amides is 1. The Bertz CT molecular complexity index is 3400. The maximum atomic E-state index is 15.6. The standard InChI is InChI=1S/C43H34ClF11N10O4S/c1-70(68,69)61-38-33-26(44)5-6-30(35(33)62(60-38)10-2-8-45)65-39(58-27-14-20(3-4-23(27)40(65)67)29-7-9-56-64(29)18-42(52,53)41(50)51)28(13-19-11-21(46)15-22(47)12-19)57-31(66)17-63-36-32(34(59-63)37(48)49)24-16-25(24)43(36,54)55/h3-7,9,11-12,14-15,24-25,28,37,41H,2,8,10,13,16-18H2,1H3,(H,57,66)(H,60,61)/t24-,25+,28-/m0/s1. The van der Waals surface area contributed by atoms with Gasteiger partial charge < -0.3 is 5.32 Å². The lowest BCUT2D eigenvalue weighted by Gasteiger charge is -2.24. The number of alkyl halides is 9. The predicted octanol–water partition coefficient (Wildman–Crippen LogP) is 8.61. The van der Waals surface area contributed by atoms with Gasteiger partial charge in [0.05, 0.1) is 57.2 Å². The molecule has 0 unspecified atom stereocenters. The van der Waals surface area contributed by atoms with Crippen LogP contribution in [-0.2, 0) is 46.8 Å². The van der Waals surface area contributed by atoms with Crippen molar-refractivity contribution in [1.82, 2.24) is 44.2 Å². The molecule has 1 amide bonds. The fraction of sp³-hybridized carbons (Fsp3) is 0.349. The van der Waals surface area contributed by atoms with E-state index >= 15 is 13.6 Å². The minimum atomic E-state index is -4.54. The van der Waals surface area contributed by atoms with Gasteiger partial charge >= 0.3 is 12.3 Å². The molecule has 70 heavy (non-hydrogen) atoms. The first-order valence-corrected chi connectivity index (χ1v) is 23.2. The van der Waals surface area contributed by atoms with Crippen molar-refractivity contribution < 1.29 is 61.5 Å². The second kappa shape index (κ2) is 17.7. The van der Waals surface area contributed by atoms with E-state index < -0.39 is 119 Å². The van der Waals surface area contributed by atoms with Crippen molar-refractivity contribution in [1.29, 1.82) is 0 Å². The monoisotopic (exact) mass is 1030 g/mol. The number of hydrogen-bond donors (Lipinski definition) is 2. The van der Waals surface area contributed by atoms with Crippen molar-refractivity contribution in [3.63, 3.8) is 0 Å². The van der Waals surface area contributed by atoms with Crippen LogP contribution in [0.15, 0.2) is 65.6 Å².